The monoisotopic (exact) mass is 289 g/mol. The summed E-state index contributed by atoms with van der Waals surface area (Å²) in [5.74, 6) is 0.749. The lowest BCUT2D eigenvalue weighted by atomic mass is 10.1. The number of hydrogen-bond acceptors (Lipinski definition) is 4. The molecule has 1 aromatic rings. The highest BCUT2D eigenvalue weighted by Crippen LogP contribution is 2.18. The van der Waals surface area contributed by atoms with Crippen molar-refractivity contribution in [1.82, 2.24) is 0 Å². The standard InChI is InChI=1S/C14H23NO3.ClH/c1-14(2,3)18-10-17-12-6-4-11(5-7-12)13(15)8-9-16;/h4-7,13,16H,8-10,15H2,1-3H3;1H. The van der Waals surface area contributed by atoms with Gasteiger partial charge in [-0.15, -0.1) is 12.4 Å². The van der Waals surface area contributed by atoms with Gasteiger partial charge in [0.2, 0.25) is 0 Å². The van der Waals surface area contributed by atoms with Crippen LogP contribution < -0.4 is 10.5 Å². The van der Waals surface area contributed by atoms with Crippen LogP contribution in [0.15, 0.2) is 24.3 Å². The molecule has 0 aliphatic rings. The van der Waals surface area contributed by atoms with E-state index in [-0.39, 0.29) is 37.4 Å². The minimum Gasteiger partial charge on any atom is -0.468 e. The number of hydrogen-bond donors (Lipinski definition) is 2. The lowest BCUT2D eigenvalue weighted by molar-refractivity contribution is -0.0758. The lowest BCUT2D eigenvalue weighted by Crippen LogP contribution is -2.22. The quantitative estimate of drug-likeness (QED) is 0.790. The summed E-state index contributed by atoms with van der Waals surface area (Å²) in [5.41, 5.74) is 6.68. The molecule has 0 radical (unpaired) electrons. The fraction of sp³-hybridized carbons (Fsp3) is 0.571. The zero-order chi connectivity index (χ0) is 13.6. The van der Waals surface area contributed by atoms with Gasteiger partial charge in [0.05, 0.1) is 5.60 Å². The second kappa shape index (κ2) is 8.38. The highest BCUT2D eigenvalue weighted by molar-refractivity contribution is 5.85. The van der Waals surface area contributed by atoms with Gasteiger partial charge in [0, 0.05) is 12.6 Å². The van der Waals surface area contributed by atoms with Gasteiger partial charge in [-0.05, 0) is 44.9 Å². The van der Waals surface area contributed by atoms with Crippen molar-refractivity contribution in [2.45, 2.75) is 38.8 Å². The number of rotatable bonds is 6. The summed E-state index contributed by atoms with van der Waals surface area (Å²) in [6.07, 6.45) is 0.563. The smallest absolute Gasteiger partial charge is 0.189 e. The second-order valence-electron chi connectivity index (χ2n) is 5.21. The zero-order valence-electron chi connectivity index (χ0n) is 11.8. The van der Waals surface area contributed by atoms with E-state index in [4.69, 9.17) is 20.3 Å². The molecule has 0 heterocycles. The zero-order valence-corrected chi connectivity index (χ0v) is 12.6. The maximum absolute atomic E-state index is 8.82. The molecule has 1 aromatic carbocycles. The van der Waals surface area contributed by atoms with Crippen LogP contribution >= 0.6 is 12.4 Å². The molecule has 19 heavy (non-hydrogen) atoms. The van der Waals surface area contributed by atoms with E-state index in [0.717, 1.165) is 11.3 Å². The van der Waals surface area contributed by atoms with E-state index in [9.17, 15) is 0 Å². The minimum atomic E-state index is -0.205. The van der Waals surface area contributed by atoms with E-state index in [1.54, 1.807) is 0 Å². The molecule has 1 unspecified atom stereocenters. The van der Waals surface area contributed by atoms with E-state index in [1.807, 2.05) is 45.0 Å². The normalized spacial score (nSPS) is 12.7. The van der Waals surface area contributed by atoms with Crippen molar-refractivity contribution in [3.8, 4) is 5.75 Å². The van der Waals surface area contributed by atoms with Gasteiger partial charge >= 0.3 is 0 Å². The van der Waals surface area contributed by atoms with E-state index >= 15 is 0 Å². The average molecular weight is 290 g/mol. The summed E-state index contributed by atoms with van der Waals surface area (Å²) in [5, 5.41) is 8.82. The predicted molar refractivity (Wildman–Crippen MR) is 78.7 cm³/mol. The summed E-state index contributed by atoms with van der Waals surface area (Å²) in [7, 11) is 0. The Kier molecular flexibility index (Phi) is 8.02. The van der Waals surface area contributed by atoms with Crippen LogP contribution in [0.25, 0.3) is 0 Å². The molecule has 1 rings (SSSR count). The Bertz CT molecular complexity index is 349. The molecule has 0 bridgehead atoms. The van der Waals surface area contributed by atoms with Crippen LogP contribution in [0, 0.1) is 0 Å². The van der Waals surface area contributed by atoms with Crippen LogP contribution in [0.2, 0.25) is 0 Å². The van der Waals surface area contributed by atoms with Crippen molar-refractivity contribution < 1.29 is 14.6 Å². The minimum absolute atomic E-state index is 0. The van der Waals surface area contributed by atoms with Crippen LogP contribution in [-0.2, 0) is 4.74 Å². The van der Waals surface area contributed by atoms with Gasteiger partial charge < -0.3 is 20.3 Å². The SMILES string of the molecule is CC(C)(C)OCOc1ccc(C(N)CCO)cc1.Cl. The molecule has 0 aromatic heterocycles. The summed E-state index contributed by atoms with van der Waals surface area (Å²) in [6, 6.07) is 7.41. The first-order valence-corrected chi connectivity index (χ1v) is 6.15. The van der Waals surface area contributed by atoms with Gasteiger partial charge in [0.25, 0.3) is 0 Å². The maximum atomic E-state index is 8.82. The Morgan fingerprint density at radius 2 is 1.79 bits per heavy atom. The summed E-state index contributed by atoms with van der Waals surface area (Å²) >= 11 is 0. The summed E-state index contributed by atoms with van der Waals surface area (Å²) < 4.78 is 10.9. The number of aliphatic hydroxyl groups excluding tert-OH is 1. The molecule has 0 aliphatic heterocycles. The molecule has 0 saturated carbocycles. The van der Waals surface area contributed by atoms with E-state index < -0.39 is 0 Å². The fourth-order valence-electron chi connectivity index (χ4n) is 1.39. The third kappa shape index (κ3) is 7.38. The number of benzene rings is 1. The molecular weight excluding hydrogens is 266 g/mol. The Morgan fingerprint density at radius 1 is 1.21 bits per heavy atom. The Morgan fingerprint density at radius 3 is 2.26 bits per heavy atom. The van der Waals surface area contributed by atoms with Crippen molar-refractivity contribution in [3.63, 3.8) is 0 Å². The van der Waals surface area contributed by atoms with Gasteiger partial charge in [-0.25, -0.2) is 0 Å². The Labute approximate surface area is 121 Å². The van der Waals surface area contributed by atoms with Crippen LogP contribution in [0.4, 0.5) is 0 Å². The van der Waals surface area contributed by atoms with Crippen LogP contribution in [0.5, 0.6) is 5.75 Å². The number of nitrogens with two attached hydrogens (primary N) is 1. The number of halogens is 1. The van der Waals surface area contributed by atoms with Gasteiger partial charge in [-0.3, -0.25) is 0 Å². The second-order valence-corrected chi connectivity index (χ2v) is 5.21. The van der Waals surface area contributed by atoms with E-state index in [0.29, 0.717) is 6.42 Å². The fourth-order valence-corrected chi connectivity index (χ4v) is 1.39. The van der Waals surface area contributed by atoms with Crippen molar-refractivity contribution in [1.29, 1.82) is 0 Å². The van der Waals surface area contributed by atoms with Crippen LogP contribution in [0.3, 0.4) is 0 Å². The summed E-state index contributed by atoms with van der Waals surface area (Å²) in [6.45, 7) is 6.26. The topological polar surface area (TPSA) is 64.7 Å². The molecule has 0 fully saturated rings. The Balaban J connectivity index is 0.00000324. The molecule has 0 amide bonds. The largest absolute Gasteiger partial charge is 0.468 e. The third-order valence-corrected chi connectivity index (χ3v) is 2.47. The highest BCUT2D eigenvalue weighted by Gasteiger charge is 2.10. The molecule has 0 saturated heterocycles. The van der Waals surface area contributed by atoms with E-state index in [2.05, 4.69) is 0 Å². The first kappa shape index (κ1) is 18.2. The Hall–Kier alpha value is -0.810. The number of aliphatic hydroxyl groups is 1. The van der Waals surface area contributed by atoms with Gasteiger partial charge in [0.15, 0.2) is 6.79 Å². The molecule has 5 heteroatoms. The van der Waals surface area contributed by atoms with Crippen LogP contribution in [-0.4, -0.2) is 24.1 Å². The molecule has 110 valence electrons. The molecule has 0 aliphatic carbocycles. The highest BCUT2D eigenvalue weighted by atomic mass is 35.5. The molecule has 0 spiro atoms. The van der Waals surface area contributed by atoms with E-state index in [1.165, 1.54) is 0 Å². The lowest BCUT2D eigenvalue weighted by Gasteiger charge is -2.19. The van der Waals surface area contributed by atoms with Crippen molar-refractivity contribution >= 4 is 12.4 Å². The first-order chi connectivity index (χ1) is 8.42. The maximum Gasteiger partial charge on any atom is 0.189 e. The van der Waals surface area contributed by atoms with Gasteiger partial charge in [-0.1, -0.05) is 12.1 Å². The predicted octanol–water partition coefficient (Wildman–Crippen LogP) is 2.64. The summed E-state index contributed by atoms with van der Waals surface area (Å²) in [4.78, 5) is 0. The van der Waals surface area contributed by atoms with Crippen molar-refractivity contribution in [2.24, 2.45) is 5.73 Å². The third-order valence-electron chi connectivity index (χ3n) is 2.47. The molecule has 4 nitrogen and oxygen atoms in total. The van der Waals surface area contributed by atoms with Crippen LogP contribution in [0.1, 0.15) is 38.8 Å². The molecule has 1 atom stereocenters. The molecular formula is C14H24ClNO3. The first-order valence-electron chi connectivity index (χ1n) is 6.15. The van der Waals surface area contributed by atoms with Gasteiger partial charge in [0.1, 0.15) is 5.75 Å². The van der Waals surface area contributed by atoms with Gasteiger partial charge in [-0.2, -0.15) is 0 Å². The number of ether oxygens (including phenoxy) is 2. The molecule has 3 N–H and O–H groups in total. The average Bonchev–Trinajstić information content (AvgIpc) is 2.28. The van der Waals surface area contributed by atoms with Crippen molar-refractivity contribution in [2.75, 3.05) is 13.4 Å². The van der Waals surface area contributed by atoms with Crippen molar-refractivity contribution in [3.05, 3.63) is 29.8 Å².